The molecule has 0 aromatic heterocycles. The number of hydrogen-bond donors (Lipinski definition) is 1. The molecule has 0 aromatic rings. The maximum absolute atomic E-state index is 13.8. The summed E-state index contributed by atoms with van der Waals surface area (Å²) in [4.78, 5) is 28.4. The summed E-state index contributed by atoms with van der Waals surface area (Å²) < 4.78 is 5.30. The van der Waals surface area contributed by atoms with E-state index in [1.54, 1.807) is 0 Å². The average molecular weight is 497 g/mol. The second-order valence-electron chi connectivity index (χ2n) is 11.2. The molecule has 0 saturated carbocycles. The van der Waals surface area contributed by atoms with E-state index in [0.29, 0.717) is 19.8 Å². The Morgan fingerprint density at radius 1 is 0.714 bits per heavy atom. The van der Waals surface area contributed by atoms with Crippen LogP contribution in [0.15, 0.2) is 0 Å². The summed E-state index contributed by atoms with van der Waals surface area (Å²) in [5.41, 5.74) is -0.388. The molecule has 1 unspecified atom stereocenters. The molecule has 5 nitrogen and oxygen atoms in total. The van der Waals surface area contributed by atoms with Crippen LogP contribution in [0.1, 0.15) is 151 Å². The van der Waals surface area contributed by atoms with Crippen molar-refractivity contribution in [2.24, 2.45) is 0 Å². The highest BCUT2D eigenvalue weighted by molar-refractivity contribution is 5.84. The van der Waals surface area contributed by atoms with Gasteiger partial charge in [-0.1, -0.05) is 91.4 Å². The highest BCUT2D eigenvalue weighted by atomic mass is 16.5. The first-order valence-electron chi connectivity index (χ1n) is 14.9. The molecule has 1 N–H and O–H groups in total. The lowest BCUT2D eigenvalue weighted by molar-refractivity contribution is -0.148. The number of unbranched alkanes of at least 4 members (excludes halogenated alkanes) is 8. The van der Waals surface area contributed by atoms with Crippen LogP contribution in [-0.4, -0.2) is 47.6 Å². The Hall–Kier alpha value is -1.10. The zero-order valence-corrected chi connectivity index (χ0v) is 24.6. The Labute approximate surface area is 218 Å². The van der Waals surface area contributed by atoms with Crippen LogP contribution < -0.4 is 5.32 Å². The van der Waals surface area contributed by atoms with Gasteiger partial charge >= 0.3 is 0 Å². The van der Waals surface area contributed by atoms with Gasteiger partial charge < -0.3 is 15.0 Å². The Kier molecular flexibility index (Phi) is 19.4. The van der Waals surface area contributed by atoms with Gasteiger partial charge in [0.1, 0.15) is 0 Å². The summed E-state index contributed by atoms with van der Waals surface area (Å²) in [6.07, 6.45) is 16.9. The van der Waals surface area contributed by atoms with Gasteiger partial charge in [-0.05, 0) is 47.0 Å². The molecule has 0 radical (unpaired) electrons. The quantitative estimate of drug-likeness (QED) is 0.147. The maximum Gasteiger partial charge on any atom is 0.223 e. The molecule has 0 aliphatic heterocycles. The van der Waals surface area contributed by atoms with Gasteiger partial charge in [0.15, 0.2) is 0 Å². The Bertz CT molecular complexity index is 550. The highest BCUT2D eigenvalue weighted by Gasteiger charge is 2.42. The summed E-state index contributed by atoms with van der Waals surface area (Å²) >= 11 is 0. The molecular formula is C30H60N2O3. The molecule has 0 aliphatic carbocycles. The van der Waals surface area contributed by atoms with Crippen LogP contribution in [0.25, 0.3) is 0 Å². The zero-order valence-electron chi connectivity index (χ0n) is 24.6. The van der Waals surface area contributed by atoms with Crippen LogP contribution in [0, 0.1) is 0 Å². The van der Waals surface area contributed by atoms with Crippen molar-refractivity contribution in [1.82, 2.24) is 10.2 Å². The molecule has 5 heteroatoms. The van der Waals surface area contributed by atoms with Crippen molar-refractivity contribution >= 4 is 11.8 Å². The monoisotopic (exact) mass is 496 g/mol. The van der Waals surface area contributed by atoms with E-state index in [9.17, 15) is 9.59 Å². The molecule has 0 rings (SSSR count). The van der Waals surface area contributed by atoms with Crippen LogP contribution in [0.3, 0.4) is 0 Å². The second-order valence-corrected chi connectivity index (χ2v) is 11.2. The minimum Gasteiger partial charge on any atom is -0.380 e. The third kappa shape index (κ3) is 14.9. The maximum atomic E-state index is 13.8. The average Bonchev–Trinajstić information content (AvgIpc) is 2.82. The molecule has 0 heterocycles. The van der Waals surface area contributed by atoms with Crippen molar-refractivity contribution in [2.45, 2.75) is 162 Å². The zero-order chi connectivity index (χ0) is 26.6. The molecule has 2 amide bonds. The lowest BCUT2D eigenvalue weighted by atomic mass is 9.81. The predicted octanol–water partition coefficient (Wildman–Crippen LogP) is 7.81. The van der Waals surface area contributed by atoms with E-state index in [-0.39, 0.29) is 35.7 Å². The number of amides is 2. The van der Waals surface area contributed by atoms with Gasteiger partial charge in [0, 0.05) is 37.1 Å². The van der Waals surface area contributed by atoms with E-state index in [1.807, 2.05) is 6.92 Å². The van der Waals surface area contributed by atoms with Gasteiger partial charge in [-0.15, -0.1) is 0 Å². The molecule has 35 heavy (non-hydrogen) atoms. The predicted molar refractivity (Wildman–Crippen MR) is 150 cm³/mol. The Balaban J connectivity index is 5.51. The SMILES string of the molecule is CCCCCCCC(C)(C)N(C(=O)CCC(=O)NCCOCC)C(C)(CCCC)CCCCCC. The molecule has 208 valence electrons. The van der Waals surface area contributed by atoms with Gasteiger partial charge in [0.05, 0.1) is 6.61 Å². The van der Waals surface area contributed by atoms with Crippen molar-refractivity contribution in [3.05, 3.63) is 0 Å². The Morgan fingerprint density at radius 3 is 1.86 bits per heavy atom. The van der Waals surface area contributed by atoms with Gasteiger partial charge in [0.25, 0.3) is 0 Å². The standard InChI is InChI=1S/C30H60N2O3/c1-8-12-15-17-18-22-29(5,6)32(28(34)21-20-27(33)31-25-26-35-11-4)30(7,23-14-10-3)24-19-16-13-9-2/h8-26H2,1-7H3,(H,31,33). The first-order chi connectivity index (χ1) is 16.7. The third-order valence-electron chi connectivity index (χ3n) is 7.26. The van der Waals surface area contributed by atoms with Gasteiger partial charge in [0.2, 0.25) is 11.8 Å². The minimum atomic E-state index is -0.220. The molecule has 0 bridgehead atoms. The molecule has 0 spiro atoms. The number of hydrogen-bond acceptors (Lipinski definition) is 3. The van der Waals surface area contributed by atoms with E-state index in [4.69, 9.17) is 4.74 Å². The van der Waals surface area contributed by atoms with Crippen LogP contribution in [-0.2, 0) is 14.3 Å². The lowest BCUT2D eigenvalue weighted by Crippen LogP contribution is -2.59. The number of nitrogens with zero attached hydrogens (tertiary/aromatic N) is 1. The number of rotatable bonds is 23. The van der Waals surface area contributed by atoms with Crippen molar-refractivity contribution in [3.63, 3.8) is 0 Å². The number of nitrogens with one attached hydrogen (secondary N) is 1. The summed E-state index contributed by atoms with van der Waals surface area (Å²) in [5.74, 6) is 0.0752. The van der Waals surface area contributed by atoms with Crippen molar-refractivity contribution in [1.29, 1.82) is 0 Å². The lowest BCUT2D eigenvalue weighted by Gasteiger charge is -2.51. The van der Waals surface area contributed by atoms with Crippen molar-refractivity contribution < 1.29 is 14.3 Å². The number of carbonyl (C=O) groups is 2. The summed E-state index contributed by atoms with van der Waals surface area (Å²) in [6, 6.07) is 0. The fourth-order valence-electron chi connectivity index (χ4n) is 5.31. The first-order valence-corrected chi connectivity index (χ1v) is 14.9. The fourth-order valence-corrected chi connectivity index (χ4v) is 5.31. The molecule has 0 saturated heterocycles. The topological polar surface area (TPSA) is 58.6 Å². The molecular weight excluding hydrogens is 436 g/mol. The van der Waals surface area contributed by atoms with E-state index in [2.05, 4.69) is 51.8 Å². The van der Waals surface area contributed by atoms with Gasteiger partial charge in [-0.2, -0.15) is 0 Å². The number of carbonyl (C=O) groups excluding carboxylic acids is 2. The number of ether oxygens (including phenoxy) is 1. The molecule has 0 fully saturated rings. The summed E-state index contributed by atoms with van der Waals surface area (Å²) in [7, 11) is 0. The van der Waals surface area contributed by atoms with Crippen molar-refractivity contribution in [3.8, 4) is 0 Å². The third-order valence-corrected chi connectivity index (χ3v) is 7.26. The van der Waals surface area contributed by atoms with Gasteiger partial charge in [-0.3, -0.25) is 9.59 Å². The van der Waals surface area contributed by atoms with Crippen LogP contribution in [0.4, 0.5) is 0 Å². The minimum absolute atomic E-state index is 0.0615. The normalized spacial score (nSPS) is 13.5. The largest absolute Gasteiger partial charge is 0.380 e. The van der Waals surface area contributed by atoms with E-state index in [1.165, 1.54) is 44.9 Å². The van der Waals surface area contributed by atoms with Crippen LogP contribution in [0.5, 0.6) is 0 Å². The second kappa shape index (κ2) is 20.0. The Morgan fingerprint density at radius 2 is 1.26 bits per heavy atom. The van der Waals surface area contributed by atoms with E-state index >= 15 is 0 Å². The van der Waals surface area contributed by atoms with Crippen LogP contribution >= 0.6 is 0 Å². The molecule has 0 aromatic carbocycles. The summed E-state index contributed by atoms with van der Waals surface area (Å²) in [5, 5.41) is 2.89. The smallest absolute Gasteiger partial charge is 0.223 e. The fraction of sp³-hybridized carbons (Fsp3) is 0.933. The molecule has 1 atom stereocenters. The molecule has 0 aliphatic rings. The van der Waals surface area contributed by atoms with Crippen molar-refractivity contribution in [2.75, 3.05) is 19.8 Å². The van der Waals surface area contributed by atoms with Gasteiger partial charge in [-0.25, -0.2) is 0 Å². The summed E-state index contributed by atoms with van der Waals surface area (Å²) in [6.45, 7) is 17.1. The highest BCUT2D eigenvalue weighted by Crippen LogP contribution is 2.37. The first kappa shape index (κ1) is 33.9. The van der Waals surface area contributed by atoms with Crippen LogP contribution in [0.2, 0.25) is 0 Å². The van der Waals surface area contributed by atoms with E-state index in [0.717, 1.165) is 44.9 Å². The van der Waals surface area contributed by atoms with E-state index < -0.39 is 0 Å².